The molecular weight excluding hydrogens is 280 g/mol. The maximum absolute atomic E-state index is 5.81. The number of anilines is 1. The second-order valence-corrected chi connectivity index (χ2v) is 5.44. The van der Waals surface area contributed by atoms with Crippen LogP contribution in [0.3, 0.4) is 0 Å². The third-order valence-electron chi connectivity index (χ3n) is 3.48. The number of nitrogens with zero attached hydrogens (tertiary/aromatic N) is 1. The number of hydrogen-bond acceptors (Lipinski definition) is 3. The molecule has 1 fully saturated rings. The van der Waals surface area contributed by atoms with E-state index in [2.05, 4.69) is 53.0 Å². The Morgan fingerprint density at radius 3 is 2.88 bits per heavy atom. The van der Waals surface area contributed by atoms with Gasteiger partial charge >= 0.3 is 0 Å². The molecule has 0 spiro atoms. The minimum atomic E-state index is 0.286. The summed E-state index contributed by atoms with van der Waals surface area (Å²) in [6, 6.07) is 6.72. The van der Waals surface area contributed by atoms with Gasteiger partial charge in [0.05, 0.1) is 12.1 Å². The Morgan fingerprint density at radius 1 is 1.53 bits per heavy atom. The minimum absolute atomic E-state index is 0.286. The summed E-state index contributed by atoms with van der Waals surface area (Å²) in [4.78, 5) is 2.30. The summed E-state index contributed by atoms with van der Waals surface area (Å²) < 4.78 is 6.70. The van der Waals surface area contributed by atoms with E-state index in [-0.39, 0.29) is 6.10 Å². The highest BCUT2D eigenvalue weighted by Gasteiger charge is 2.28. The number of likely N-dealkylation sites (N-methyl/N-ethyl adjacent to an activating group) is 1. The summed E-state index contributed by atoms with van der Waals surface area (Å²) in [5, 5.41) is 0. The minimum Gasteiger partial charge on any atom is -0.376 e. The van der Waals surface area contributed by atoms with Gasteiger partial charge in [0.15, 0.2) is 0 Å². The van der Waals surface area contributed by atoms with Crippen molar-refractivity contribution in [3.63, 3.8) is 0 Å². The fourth-order valence-corrected chi connectivity index (χ4v) is 2.88. The quantitative estimate of drug-likeness (QED) is 0.932. The van der Waals surface area contributed by atoms with E-state index in [9.17, 15) is 0 Å². The van der Waals surface area contributed by atoms with Crippen molar-refractivity contribution in [2.75, 3.05) is 18.6 Å². The van der Waals surface area contributed by atoms with Gasteiger partial charge in [0, 0.05) is 30.4 Å². The first-order valence-corrected chi connectivity index (χ1v) is 6.75. The van der Waals surface area contributed by atoms with Gasteiger partial charge in [0.25, 0.3) is 0 Å². The first-order valence-electron chi connectivity index (χ1n) is 5.96. The second kappa shape index (κ2) is 5.38. The SMILES string of the molecule is CC1OCCC1N(C)c1ccc(Br)cc1CN. The van der Waals surface area contributed by atoms with Gasteiger partial charge in [-0.05, 0) is 37.1 Å². The Morgan fingerprint density at radius 2 is 2.29 bits per heavy atom. The first kappa shape index (κ1) is 12.9. The Labute approximate surface area is 111 Å². The van der Waals surface area contributed by atoms with Crippen LogP contribution in [0.15, 0.2) is 22.7 Å². The average Bonchev–Trinajstić information content (AvgIpc) is 2.74. The molecule has 0 aliphatic carbocycles. The summed E-state index contributed by atoms with van der Waals surface area (Å²) in [6.45, 7) is 3.54. The van der Waals surface area contributed by atoms with Crippen molar-refractivity contribution in [2.45, 2.75) is 32.0 Å². The fraction of sp³-hybridized carbons (Fsp3) is 0.538. The number of nitrogens with two attached hydrogens (primary N) is 1. The van der Waals surface area contributed by atoms with E-state index in [1.807, 2.05) is 0 Å². The normalized spacial score (nSPS) is 24.0. The van der Waals surface area contributed by atoms with Gasteiger partial charge in [-0.15, -0.1) is 0 Å². The molecule has 0 radical (unpaired) electrons. The molecule has 1 saturated heterocycles. The Hall–Kier alpha value is -0.580. The van der Waals surface area contributed by atoms with E-state index >= 15 is 0 Å². The van der Waals surface area contributed by atoms with Crippen LogP contribution in [0.5, 0.6) is 0 Å². The van der Waals surface area contributed by atoms with Crippen LogP contribution in [0, 0.1) is 0 Å². The molecule has 3 nitrogen and oxygen atoms in total. The molecule has 1 aliphatic rings. The van der Waals surface area contributed by atoms with Gasteiger partial charge < -0.3 is 15.4 Å². The number of halogens is 1. The van der Waals surface area contributed by atoms with Crippen LogP contribution < -0.4 is 10.6 Å². The topological polar surface area (TPSA) is 38.5 Å². The van der Waals surface area contributed by atoms with E-state index in [4.69, 9.17) is 10.5 Å². The van der Waals surface area contributed by atoms with Crippen molar-refractivity contribution in [1.82, 2.24) is 0 Å². The maximum Gasteiger partial charge on any atom is 0.0750 e. The number of hydrogen-bond donors (Lipinski definition) is 1. The lowest BCUT2D eigenvalue weighted by Crippen LogP contribution is -2.37. The Bertz CT molecular complexity index is 397. The van der Waals surface area contributed by atoms with Crippen molar-refractivity contribution in [2.24, 2.45) is 5.73 Å². The van der Waals surface area contributed by atoms with Crippen molar-refractivity contribution >= 4 is 21.6 Å². The first-order chi connectivity index (χ1) is 8.13. The third-order valence-corrected chi connectivity index (χ3v) is 3.97. The Kier molecular flexibility index (Phi) is 4.07. The zero-order valence-corrected chi connectivity index (χ0v) is 11.9. The van der Waals surface area contributed by atoms with Crippen molar-refractivity contribution in [1.29, 1.82) is 0 Å². The third kappa shape index (κ3) is 2.64. The molecule has 0 saturated carbocycles. The molecule has 4 heteroatoms. The van der Waals surface area contributed by atoms with Crippen LogP contribution in [0.2, 0.25) is 0 Å². The highest BCUT2D eigenvalue weighted by molar-refractivity contribution is 9.10. The van der Waals surface area contributed by atoms with Crippen LogP contribution >= 0.6 is 15.9 Å². The summed E-state index contributed by atoms with van der Waals surface area (Å²) in [6.07, 6.45) is 1.37. The van der Waals surface area contributed by atoms with Gasteiger partial charge in [0.2, 0.25) is 0 Å². The predicted octanol–water partition coefficient (Wildman–Crippen LogP) is 2.52. The van der Waals surface area contributed by atoms with Crippen LogP contribution in [0.25, 0.3) is 0 Å². The number of rotatable bonds is 3. The molecule has 0 bridgehead atoms. The van der Waals surface area contributed by atoms with Crippen molar-refractivity contribution in [3.05, 3.63) is 28.2 Å². The van der Waals surface area contributed by atoms with Crippen molar-refractivity contribution < 1.29 is 4.74 Å². The lowest BCUT2D eigenvalue weighted by atomic mass is 10.1. The molecule has 2 unspecified atom stereocenters. The predicted molar refractivity (Wildman–Crippen MR) is 74.3 cm³/mol. The van der Waals surface area contributed by atoms with Crippen LogP contribution in [-0.2, 0) is 11.3 Å². The van der Waals surface area contributed by atoms with Gasteiger partial charge in [-0.2, -0.15) is 0 Å². The zero-order chi connectivity index (χ0) is 12.4. The van der Waals surface area contributed by atoms with Crippen LogP contribution in [-0.4, -0.2) is 25.8 Å². The summed E-state index contributed by atoms with van der Waals surface area (Å²) in [5.74, 6) is 0. The summed E-state index contributed by atoms with van der Waals surface area (Å²) >= 11 is 3.48. The molecular formula is C13H19BrN2O. The molecule has 2 N–H and O–H groups in total. The van der Waals surface area contributed by atoms with E-state index in [0.717, 1.165) is 17.5 Å². The second-order valence-electron chi connectivity index (χ2n) is 4.52. The van der Waals surface area contributed by atoms with Crippen LogP contribution in [0.1, 0.15) is 18.9 Å². The molecule has 1 heterocycles. The average molecular weight is 299 g/mol. The highest BCUT2D eigenvalue weighted by Crippen LogP contribution is 2.29. The van der Waals surface area contributed by atoms with Gasteiger partial charge in [-0.3, -0.25) is 0 Å². The standard InChI is InChI=1S/C13H19BrN2O/c1-9-12(5-6-17-9)16(2)13-4-3-11(14)7-10(13)8-15/h3-4,7,9,12H,5-6,8,15H2,1-2H3. The largest absolute Gasteiger partial charge is 0.376 e. The molecule has 1 aliphatic heterocycles. The molecule has 17 heavy (non-hydrogen) atoms. The zero-order valence-electron chi connectivity index (χ0n) is 10.3. The molecule has 2 rings (SSSR count). The molecule has 0 amide bonds. The summed E-state index contributed by atoms with van der Waals surface area (Å²) in [5.41, 5.74) is 8.19. The number of ether oxygens (including phenoxy) is 1. The lowest BCUT2D eigenvalue weighted by molar-refractivity contribution is 0.118. The van der Waals surface area contributed by atoms with Crippen molar-refractivity contribution in [3.8, 4) is 0 Å². The molecule has 94 valence electrons. The molecule has 1 aromatic rings. The van der Waals surface area contributed by atoms with E-state index in [0.29, 0.717) is 12.6 Å². The molecule has 2 atom stereocenters. The van der Waals surface area contributed by atoms with E-state index in [1.165, 1.54) is 11.3 Å². The lowest BCUT2D eigenvalue weighted by Gasteiger charge is -2.30. The fourth-order valence-electron chi connectivity index (χ4n) is 2.47. The maximum atomic E-state index is 5.81. The Balaban J connectivity index is 2.26. The van der Waals surface area contributed by atoms with Gasteiger partial charge in [-0.1, -0.05) is 15.9 Å². The number of benzene rings is 1. The smallest absolute Gasteiger partial charge is 0.0750 e. The molecule has 0 aromatic heterocycles. The van der Waals surface area contributed by atoms with Gasteiger partial charge in [-0.25, -0.2) is 0 Å². The van der Waals surface area contributed by atoms with E-state index < -0.39 is 0 Å². The van der Waals surface area contributed by atoms with E-state index in [1.54, 1.807) is 0 Å². The summed E-state index contributed by atoms with van der Waals surface area (Å²) in [7, 11) is 2.12. The molecule has 1 aromatic carbocycles. The van der Waals surface area contributed by atoms with Crippen LogP contribution in [0.4, 0.5) is 5.69 Å². The van der Waals surface area contributed by atoms with Gasteiger partial charge in [0.1, 0.15) is 0 Å². The monoisotopic (exact) mass is 298 g/mol. The highest BCUT2D eigenvalue weighted by atomic mass is 79.9.